The summed E-state index contributed by atoms with van der Waals surface area (Å²) in [5.74, 6) is -0.103. The third-order valence-electron chi connectivity index (χ3n) is 4.00. The molecule has 0 bridgehead atoms. The van der Waals surface area contributed by atoms with Crippen LogP contribution in [-0.4, -0.2) is 15.3 Å². The summed E-state index contributed by atoms with van der Waals surface area (Å²) in [5.41, 5.74) is 14.5. The van der Waals surface area contributed by atoms with Crippen molar-refractivity contribution in [3.05, 3.63) is 77.4 Å². The van der Waals surface area contributed by atoms with E-state index >= 15 is 0 Å². The second kappa shape index (κ2) is 6.04. The SMILES string of the molecule is Nc1ccc(C(c2ccc(O)cc2)c2ccc(N)c(O)c2)cc1O. The molecule has 0 radical (unpaired) electrons. The highest BCUT2D eigenvalue weighted by Crippen LogP contribution is 2.37. The summed E-state index contributed by atoms with van der Waals surface area (Å²) in [6, 6.07) is 16.9. The molecule has 5 nitrogen and oxygen atoms in total. The van der Waals surface area contributed by atoms with Crippen molar-refractivity contribution < 1.29 is 15.3 Å². The van der Waals surface area contributed by atoms with Gasteiger partial charge in [0.05, 0.1) is 11.4 Å². The number of benzene rings is 3. The van der Waals surface area contributed by atoms with Crippen LogP contribution in [0.2, 0.25) is 0 Å². The largest absolute Gasteiger partial charge is 0.508 e. The first-order valence-corrected chi connectivity index (χ1v) is 7.41. The van der Waals surface area contributed by atoms with Crippen LogP contribution in [0.1, 0.15) is 22.6 Å². The Labute approximate surface area is 139 Å². The number of rotatable bonds is 3. The van der Waals surface area contributed by atoms with Gasteiger partial charge in [-0.25, -0.2) is 0 Å². The fourth-order valence-corrected chi connectivity index (χ4v) is 2.72. The van der Waals surface area contributed by atoms with E-state index in [1.54, 1.807) is 48.5 Å². The lowest BCUT2D eigenvalue weighted by Gasteiger charge is -2.20. The summed E-state index contributed by atoms with van der Waals surface area (Å²) in [6.07, 6.45) is 0. The smallest absolute Gasteiger partial charge is 0.138 e. The van der Waals surface area contributed by atoms with Gasteiger partial charge in [-0.3, -0.25) is 0 Å². The van der Waals surface area contributed by atoms with Crippen LogP contribution in [0.4, 0.5) is 11.4 Å². The maximum atomic E-state index is 9.95. The molecule has 0 aliphatic rings. The monoisotopic (exact) mass is 322 g/mol. The number of anilines is 2. The molecule has 0 fully saturated rings. The van der Waals surface area contributed by atoms with Gasteiger partial charge in [-0.05, 0) is 53.1 Å². The number of aromatic hydroxyl groups is 3. The topological polar surface area (TPSA) is 113 Å². The van der Waals surface area contributed by atoms with Crippen molar-refractivity contribution in [2.45, 2.75) is 5.92 Å². The van der Waals surface area contributed by atoms with Gasteiger partial charge in [-0.15, -0.1) is 0 Å². The standard InChI is InChI=1S/C19H18N2O3/c20-15-7-3-12(9-17(15)23)19(11-1-5-14(22)6-2-11)13-4-8-16(21)18(24)10-13/h1-10,19,22-24H,20-21H2. The van der Waals surface area contributed by atoms with E-state index in [9.17, 15) is 15.3 Å². The first-order chi connectivity index (χ1) is 11.5. The van der Waals surface area contributed by atoms with Crippen LogP contribution < -0.4 is 11.5 Å². The summed E-state index contributed by atoms with van der Waals surface area (Å²) in [4.78, 5) is 0. The lowest BCUT2D eigenvalue weighted by Crippen LogP contribution is -2.04. The van der Waals surface area contributed by atoms with Gasteiger partial charge in [0.2, 0.25) is 0 Å². The van der Waals surface area contributed by atoms with Gasteiger partial charge in [0, 0.05) is 5.92 Å². The molecule has 24 heavy (non-hydrogen) atoms. The molecule has 122 valence electrons. The summed E-state index contributed by atoms with van der Waals surface area (Å²) < 4.78 is 0. The highest BCUT2D eigenvalue weighted by Gasteiger charge is 2.19. The number of phenols is 3. The molecule has 0 aliphatic heterocycles. The van der Waals surface area contributed by atoms with Gasteiger partial charge >= 0.3 is 0 Å². The van der Waals surface area contributed by atoms with E-state index in [0.29, 0.717) is 11.4 Å². The van der Waals surface area contributed by atoms with Crippen LogP contribution in [0.15, 0.2) is 60.7 Å². The van der Waals surface area contributed by atoms with E-state index < -0.39 is 0 Å². The zero-order valence-corrected chi connectivity index (χ0v) is 12.8. The van der Waals surface area contributed by atoms with Crippen LogP contribution in [0.3, 0.4) is 0 Å². The third kappa shape index (κ3) is 2.92. The molecule has 3 rings (SSSR count). The molecule has 0 saturated carbocycles. The Kier molecular flexibility index (Phi) is 3.92. The van der Waals surface area contributed by atoms with E-state index in [1.807, 2.05) is 12.1 Å². The molecular formula is C19H18N2O3. The fourth-order valence-electron chi connectivity index (χ4n) is 2.72. The van der Waals surface area contributed by atoms with Crippen molar-refractivity contribution in [1.82, 2.24) is 0 Å². The summed E-state index contributed by atoms with van der Waals surface area (Å²) in [7, 11) is 0. The first-order valence-electron chi connectivity index (χ1n) is 7.41. The first kappa shape index (κ1) is 15.6. The Morgan fingerprint density at radius 1 is 0.583 bits per heavy atom. The van der Waals surface area contributed by atoms with Gasteiger partial charge in [-0.1, -0.05) is 24.3 Å². The minimum atomic E-state index is -0.261. The van der Waals surface area contributed by atoms with Crippen LogP contribution in [0.5, 0.6) is 17.2 Å². The lowest BCUT2D eigenvalue weighted by atomic mass is 9.84. The highest BCUT2D eigenvalue weighted by molar-refractivity contribution is 5.59. The average Bonchev–Trinajstić information content (AvgIpc) is 2.56. The van der Waals surface area contributed by atoms with E-state index in [-0.39, 0.29) is 23.2 Å². The molecule has 0 aromatic heterocycles. The van der Waals surface area contributed by atoms with Crippen LogP contribution >= 0.6 is 0 Å². The molecule has 0 atom stereocenters. The van der Waals surface area contributed by atoms with Crippen molar-refractivity contribution in [3.8, 4) is 17.2 Å². The number of hydrogen-bond donors (Lipinski definition) is 5. The van der Waals surface area contributed by atoms with E-state index in [4.69, 9.17) is 11.5 Å². The van der Waals surface area contributed by atoms with Crippen molar-refractivity contribution in [1.29, 1.82) is 0 Å². The number of phenolic OH excluding ortho intramolecular Hbond substituents is 3. The van der Waals surface area contributed by atoms with Gasteiger partial charge in [0.15, 0.2) is 0 Å². The Morgan fingerprint density at radius 2 is 1.00 bits per heavy atom. The minimum absolute atomic E-state index is 0.00375. The average molecular weight is 322 g/mol. The van der Waals surface area contributed by atoms with Crippen molar-refractivity contribution >= 4 is 11.4 Å². The molecule has 0 aliphatic carbocycles. The molecule has 0 saturated heterocycles. The molecular weight excluding hydrogens is 304 g/mol. The van der Waals surface area contributed by atoms with Crippen molar-refractivity contribution in [2.75, 3.05) is 11.5 Å². The van der Waals surface area contributed by atoms with E-state index in [2.05, 4.69) is 0 Å². The van der Waals surface area contributed by atoms with Crippen LogP contribution in [0, 0.1) is 0 Å². The summed E-state index contributed by atoms with van der Waals surface area (Å²) >= 11 is 0. The Balaban J connectivity index is 2.17. The predicted octanol–water partition coefficient (Wildman–Crippen LogP) is 3.15. The van der Waals surface area contributed by atoms with E-state index in [0.717, 1.165) is 16.7 Å². The third-order valence-corrected chi connectivity index (χ3v) is 4.00. The summed E-state index contributed by atoms with van der Waals surface area (Å²) in [6.45, 7) is 0. The van der Waals surface area contributed by atoms with Crippen molar-refractivity contribution in [3.63, 3.8) is 0 Å². The number of hydrogen-bond acceptors (Lipinski definition) is 5. The minimum Gasteiger partial charge on any atom is -0.508 e. The van der Waals surface area contributed by atoms with Gasteiger partial charge in [0.25, 0.3) is 0 Å². The lowest BCUT2D eigenvalue weighted by molar-refractivity contribution is 0.474. The number of nitrogen functional groups attached to an aromatic ring is 2. The number of nitrogens with two attached hydrogens (primary N) is 2. The second-order valence-electron chi connectivity index (χ2n) is 5.66. The molecule has 0 amide bonds. The molecule has 0 spiro atoms. The molecule has 0 unspecified atom stereocenters. The maximum absolute atomic E-state index is 9.95. The zero-order valence-electron chi connectivity index (χ0n) is 12.8. The molecule has 5 heteroatoms. The van der Waals surface area contributed by atoms with E-state index in [1.165, 1.54) is 0 Å². The fraction of sp³-hybridized carbons (Fsp3) is 0.0526. The predicted molar refractivity (Wildman–Crippen MR) is 94.1 cm³/mol. The molecule has 7 N–H and O–H groups in total. The molecule has 3 aromatic carbocycles. The maximum Gasteiger partial charge on any atom is 0.138 e. The normalized spacial score (nSPS) is 10.9. The van der Waals surface area contributed by atoms with Crippen LogP contribution in [0.25, 0.3) is 0 Å². The van der Waals surface area contributed by atoms with Gasteiger partial charge in [0.1, 0.15) is 17.2 Å². The zero-order chi connectivity index (χ0) is 17.3. The highest BCUT2D eigenvalue weighted by atomic mass is 16.3. The quantitative estimate of drug-likeness (QED) is 0.289. The van der Waals surface area contributed by atoms with Crippen LogP contribution in [-0.2, 0) is 0 Å². The second-order valence-corrected chi connectivity index (χ2v) is 5.66. The molecule has 3 aromatic rings. The Morgan fingerprint density at radius 3 is 1.42 bits per heavy atom. The van der Waals surface area contributed by atoms with Crippen molar-refractivity contribution in [2.24, 2.45) is 0 Å². The summed E-state index contributed by atoms with van der Waals surface area (Å²) in [5, 5.41) is 29.4. The Bertz CT molecular complexity index is 825. The van der Waals surface area contributed by atoms with Gasteiger partial charge in [-0.2, -0.15) is 0 Å². The van der Waals surface area contributed by atoms with Gasteiger partial charge < -0.3 is 26.8 Å². The Hall–Kier alpha value is -3.34. The molecule has 0 heterocycles.